The largest absolute Gasteiger partial charge is 0.467 e. The molecule has 1 aromatic carbocycles. The molecule has 0 saturated heterocycles. The summed E-state index contributed by atoms with van der Waals surface area (Å²) in [5.41, 5.74) is 0.625. The third kappa shape index (κ3) is 3.92. The predicted molar refractivity (Wildman–Crippen MR) is 80.2 cm³/mol. The number of halogens is 2. The first-order chi connectivity index (χ1) is 9.56. The molecule has 0 fully saturated rings. The van der Waals surface area contributed by atoms with E-state index in [-0.39, 0.29) is 18.5 Å². The highest BCUT2D eigenvalue weighted by Gasteiger charge is 2.12. The van der Waals surface area contributed by atoms with Crippen LogP contribution >= 0.6 is 23.2 Å². The number of carbonyl (C=O) groups excluding carboxylic acids is 1. The second-order valence-electron chi connectivity index (χ2n) is 4.28. The fourth-order valence-corrected chi connectivity index (χ4v) is 2.07. The Kier molecular flexibility index (Phi) is 4.93. The van der Waals surface area contributed by atoms with Crippen molar-refractivity contribution in [1.82, 2.24) is 5.32 Å². The fraction of sp³-hybridized carbons (Fsp3) is 0.214. The maximum absolute atomic E-state index is 11.8. The lowest BCUT2D eigenvalue weighted by molar-refractivity contribution is -0.120. The smallest absolute Gasteiger partial charge is 0.239 e. The molecule has 0 saturated carbocycles. The van der Waals surface area contributed by atoms with E-state index in [1.165, 1.54) is 0 Å². The SMILES string of the molecule is CC(NC(=O)CNc1cc(Cl)ccc1Cl)c1ccco1. The summed E-state index contributed by atoms with van der Waals surface area (Å²) in [4.78, 5) is 11.8. The molecule has 0 aliphatic carbocycles. The number of amides is 1. The molecule has 106 valence electrons. The summed E-state index contributed by atoms with van der Waals surface area (Å²) in [6, 6.07) is 8.44. The molecule has 1 heterocycles. The van der Waals surface area contributed by atoms with Gasteiger partial charge in [0.25, 0.3) is 0 Å². The average molecular weight is 313 g/mol. The highest BCUT2D eigenvalue weighted by Crippen LogP contribution is 2.25. The first-order valence-electron chi connectivity index (χ1n) is 6.08. The number of rotatable bonds is 5. The number of carbonyl (C=O) groups is 1. The van der Waals surface area contributed by atoms with Gasteiger partial charge in [0, 0.05) is 5.02 Å². The van der Waals surface area contributed by atoms with Gasteiger partial charge in [-0.25, -0.2) is 0 Å². The van der Waals surface area contributed by atoms with E-state index in [0.29, 0.717) is 21.5 Å². The van der Waals surface area contributed by atoms with Crippen molar-refractivity contribution in [2.24, 2.45) is 0 Å². The highest BCUT2D eigenvalue weighted by atomic mass is 35.5. The number of nitrogens with one attached hydrogen (secondary N) is 2. The second kappa shape index (κ2) is 6.68. The Labute approximate surface area is 127 Å². The molecule has 2 aromatic rings. The van der Waals surface area contributed by atoms with Gasteiger partial charge in [-0.15, -0.1) is 0 Å². The van der Waals surface area contributed by atoms with Crippen molar-refractivity contribution >= 4 is 34.8 Å². The third-order valence-electron chi connectivity index (χ3n) is 2.72. The van der Waals surface area contributed by atoms with E-state index < -0.39 is 0 Å². The van der Waals surface area contributed by atoms with Crippen molar-refractivity contribution in [3.63, 3.8) is 0 Å². The van der Waals surface area contributed by atoms with Crippen LogP contribution in [-0.2, 0) is 4.79 Å². The molecular formula is C14H14Cl2N2O2. The molecule has 1 unspecified atom stereocenters. The molecule has 1 aromatic heterocycles. The summed E-state index contributed by atoms with van der Waals surface area (Å²) in [7, 11) is 0. The van der Waals surface area contributed by atoms with E-state index >= 15 is 0 Å². The van der Waals surface area contributed by atoms with E-state index in [9.17, 15) is 4.79 Å². The molecule has 6 heteroatoms. The fourth-order valence-electron chi connectivity index (χ4n) is 1.71. The van der Waals surface area contributed by atoms with Crippen LogP contribution in [0.15, 0.2) is 41.0 Å². The Morgan fingerprint density at radius 2 is 2.15 bits per heavy atom. The van der Waals surface area contributed by atoms with Crippen LogP contribution < -0.4 is 10.6 Å². The molecule has 20 heavy (non-hydrogen) atoms. The maximum Gasteiger partial charge on any atom is 0.239 e. The van der Waals surface area contributed by atoms with Gasteiger partial charge < -0.3 is 15.1 Å². The van der Waals surface area contributed by atoms with Crippen LogP contribution in [0, 0.1) is 0 Å². The molecule has 4 nitrogen and oxygen atoms in total. The summed E-state index contributed by atoms with van der Waals surface area (Å²) in [5.74, 6) is 0.545. The zero-order valence-corrected chi connectivity index (χ0v) is 12.3. The quantitative estimate of drug-likeness (QED) is 0.881. The van der Waals surface area contributed by atoms with E-state index in [1.54, 1.807) is 30.5 Å². The van der Waals surface area contributed by atoms with Gasteiger partial charge in [0.15, 0.2) is 0 Å². The number of benzene rings is 1. The Morgan fingerprint density at radius 1 is 1.35 bits per heavy atom. The van der Waals surface area contributed by atoms with Gasteiger partial charge in [-0.3, -0.25) is 4.79 Å². The molecule has 2 rings (SSSR count). The van der Waals surface area contributed by atoms with E-state index in [2.05, 4.69) is 10.6 Å². The zero-order valence-electron chi connectivity index (χ0n) is 10.8. The van der Waals surface area contributed by atoms with Crippen LogP contribution in [0.5, 0.6) is 0 Å². The molecule has 1 atom stereocenters. The zero-order chi connectivity index (χ0) is 14.5. The topological polar surface area (TPSA) is 54.3 Å². The molecule has 0 bridgehead atoms. The van der Waals surface area contributed by atoms with Crippen LogP contribution in [-0.4, -0.2) is 12.5 Å². The molecule has 0 spiro atoms. The summed E-state index contributed by atoms with van der Waals surface area (Å²) in [6.45, 7) is 1.95. The third-order valence-corrected chi connectivity index (χ3v) is 3.28. The number of hydrogen-bond acceptors (Lipinski definition) is 3. The van der Waals surface area contributed by atoms with Gasteiger partial charge in [-0.05, 0) is 37.3 Å². The highest BCUT2D eigenvalue weighted by molar-refractivity contribution is 6.35. The van der Waals surface area contributed by atoms with Crippen LogP contribution in [0.3, 0.4) is 0 Å². The Hall–Kier alpha value is -1.65. The monoisotopic (exact) mass is 312 g/mol. The average Bonchev–Trinajstić information content (AvgIpc) is 2.94. The minimum absolute atomic E-state index is 0.102. The lowest BCUT2D eigenvalue weighted by atomic mass is 10.2. The van der Waals surface area contributed by atoms with Gasteiger partial charge >= 0.3 is 0 Å². The molecular weight excluding hydrogens is 299 g/mol. The normalized spacial score (nSPS) is 11.9. The number of furan rings is 1. The van der Waals surface area contributed by atoms with Crippen molar-refractivity contribution in [3.05, 3.63) is 52.4 Å². The first-order valence-corrected chi connectivity index (χ1v) is 6.83. The standard InChI is InChI=1S/C14H14Cl2N2O2/c1-9(13-3-2-6-20-13)18-14(19)8-17-12-7-10(15)4-5-11(12)16/h2-7,9,17H,8H2,1H3,(H,18,19). The van der Waals surface area contributed by atoms with Crippen LogP contribution in [0.4, 0.5) is 5.69 Å². The lowest BCUT2D eigenvalue weighted by Crippen LogP contribution is -2.31. The van der Waals surface area contributed by atoms with Crippen LogP contribution in [0.1, 0.15) is 18.7 Å². The van der Waals surface area contributed by atoms with E-state index in [0.717, 1.165) is 0 Å². The summed E-state index contributed by atoms with van der Waals surface area (Å²) in [6.07, 6.45) is 1.57. The van der Waals surface area contributed by atoms with Crippen molar-refractivity contribution in [3.8, 4) is 0 Å². The first kappa shape index (κ1) is 14.8. The lowest BCUT2D eigenvalue weighted by Gasteiger charge is -2.13. The van der Waals surface area contributed by atoms with Gasteiger partial charge in [0.05, 0.1) is 29.6 Å². The van der Waals surface area contributed by atoms with E-state index in [4.69, 9.17) is 27.6 Å². The van der Waals surface area contributed by atoms with Crippen molar-refractivity contribution in [2.45, 2.75) is 13.0 Å². The summed E-state index contributed by atoms with van der Waals surface area (Å²) < 4.78 is 5.22. The molecule has 1 amide bonds. The molecule has 0 radical (unpaired) electrons. The molecule has 0 aliphatic heterocycles. The Balaban J connectivity index is 1.87. The minimum Gasteiger partial charge on any atom is -0.467 e. The van der Waals surface area contributed by atoms with Crippen molar-refractivity contribution < 1.29 is 9.21 Å². The Morgan fingerprint density at radius 3 is 2.85 bits per heavy atom. The molecule has 2 N–H and O–H groups in total. The van der Waals surface area contributed by atoms with Crippen LogP contribution in [0.25, 0.3) is 0 Å². The van der Waals surface area contributed by atoms with Gasteiger partial charge in [-0.2, -0.15) is 0 Å². The van der Waals surface area contributed by atoms with Gasteiger partial charge in [-0.1, -0.05) is 23.2 Å². The van der Waals surface area contributed by atoms with Gasteiger partial charge in [0.1, 0.15) is 5.76 Å². The summed E-state index contributed by atoms with van der Waals surface area (Å²) >= 11 is 11.9. The van der Waals surface area contributed by atoms with Crippen molar-refractivity contribution in [1.29, 1.82) is 0 Å². The molecule has 0 aliphatic rings. The summed E-state index contributed by atoms with van der Waals surface area (Å²) in [5, 5.41) is 6.83. The minimum atomic E-state index is -0.186. The predicted octanol–water partition coefficient (Wildman–Crippen LogP) is 3.88. The van der Waals surface area contributed by atoms with Crippen molar-refractivity contribution in [2.75, 3.05) is 11.9 Å². The van der Waals surface area contributed by atoms with Gasteiger partial charge in [0.2, 0.25) is 5.91 Å². The number of anilines is 1. The van der Waals surface area contributed by atoms with E-state index in [1.807, 2.05) is 13.0 Å². The van der Waals surface area contributed by atoms with Crippen LogP contribution in [0.2, 0.25) is 10.0 Å². The maximum atomic E-state index is 11.8. The Bertz CT molecular complexity index is 585. The second-order valence-corrected chi connectivity index (χ2v) is 5.13. The number of hydrogen-bond donors (Lipinski definition) is 2.